The molecule has 8 heteroatoms. The van der Waals surface area contributed by atoms with Crippen LogP contribution in [0.4, 0.5) is 0 Å². The SMILES string of the molecule is C.COc1cccc(-c2cc(C3C(C#N)=C(N)Oc4c3c(=O)oc3ccc(O)cc43)ccc2OC)c1. The molecule has 1 aromatic heterocycles. The molecule has 0 fully saturated rings. The van der Waals surface area contributed by atoms with Crippen molar-refractivity contribution >= 4 is 11.0 Å². The van der Waals surface area contributed by atoms with Gasteiger partial charge in [-0.25, -0.2) is 4.79 Å². The van der Waals surface area contributed by atoms with Gasteiger partial charge in [0.1, 0.15) is 34.5 Å². The second kappa shape index (κ2) is 9.39. The molecule has 0 amide bonds. The van der Waals surface area contributed by atoms with Crippen LogP contribution in [0.25, 0.3) is 22.1 Å². The summed E-state index contributed by atoms with van der Waals surface area (Å²) in [6.45, 7) is 0. The number of phenolic OH excluding ortho intramolecular Hbond substituents is 1. The van der Waals surface area contributed by atoms with Crippen LogP contribution in [-0.2, 0) is 0 Å². The Labute approximate surface area is 207 Å². The number of ether oxygens (including phenoxy) is 3. The Balaban J connectivity index is 0.00000304. The van der Waals surface area contributed by atoms with Gasteiger partial charge in [0.2, 0.25) is 5.88 Å². The lowest BCUT2D eigenvalue weighted by Crippen LogP contribution is -2.26. The van der Waals surface area contributed by atoms with E-state index in [-0.39, 0.29) is 41.5 Å². The van der Waals surface area contributed by atoms with Crippen LogP contribution in [0.5, 0.6) is 23.0 Å². The van der Waals surface area contributed by atoms with Gasteiger partial charge in [-0.15, -0.1) is 0 Å². The van der Waals surface area contributed by atoms with Gasteiger partial charge in [-0.1, -0.05) is 25.6 Å². The van der Waals surface area contributed by atoms with E-state index in [1.54, 1.807) is 26.4 Å². The number of benzene rings is 3. The number of rotatable bonds is 4. The lowest BCUT2D eigenvalue weighted by molar-refractivity contribution is 0.387. The summed E-state index contributed by atoms with van der Waals surface area (Å²) in [4.78, 5) is 13.2. The summed E-state index contributed by atoms with van der Waals surface area (Å²) in [7, 11) is 3.15. The topological polar surface area (TPSA) is 128 Å². The predicted octanol–water partition coefficient (Wildman–Crippen LogP) is 5.04. The molecule has 36 heavy (non-hydrogen) atoms. The summed E-state index contributed by atoms with van der Waals surface area (Å²) in [5.74, 6) is 0.390. The Hall–Kier alpha value is -4.90. The molecule has 1 unspecified atom stereocenters. The molecule has 1 aliphatic rings. The third kappa shape index (κ3) is 3.87. The maximum Gasteiger partial charge on any atom is 0.344 e. The van der Waals surface area contributed by atoms with Crippen LogP contribution in [0, 0.1) is 11.3 Å². The normalized spacial score (nSPS) is 14.3. The third-order valence-corrected chi connectivity index (χ3v) is 5.99. The van der Waals surface area contributed by atoms with Crippen molar-refractivity contribution in [3.05, 3.63) is 93.7 Å². The highest BCUT2D eigenvalue weighted by Gasteiger charge is 2.36. The largest absolute Gasteiger partial charge is 0.508 e. The van der Waals surface area contributed by atoms with Crippen LogP contribution < -0.4 is 25.6 Å². The van der Waals surface area contributed by atoms with Crippen LogP contribution in [-0.4, -0.2) is 19.3 Å². The molecular weight excluding hydrogens is 460 g/mol. The van der Waals surface area contributed by atoms with E-state index < -0.39 is 11.5 Å². The zero-order chi connectivity index (χ0) is 24.7. The molecule has 0 saturated heterocycles. The lowest BCUT2D eigenvalue weighted by Gasteiger charge is -2.26. The van der Waals surface area contributed by atoms with E-state index in [0.29, 0.717) is 22.4 Å². The van der Waals surface area contributed by atoms with Crippen molar-refractivity contribution in [1.82, 2.24) is 0 Å². The van der Waals surface area contributed by atoms with Crippen molar-refractivity contribution in [2.45, 2.75) is 13.3 Å². The molecule has 8 nitrogen and oxygen atoms in total. The second-order valence-corrected chi connectivity index (χ2v) is 7.93. The van der Waals surface area contributed by atoms with E-state index in [1.807, 2.05) is 30.3 Å². The predicted molar refractivity (Wildman–Crippen MR) is 135 cm³/mol. The molecule has 1 aliphatic heterocycles. The second-order valence-electron chi connectivity index (χ2n) is 7.93. The Morgan fingerprint density at radius 3 is 2.58 bits per heavy atom. The summed E-state index contributed by atoms with van der Waals surface area (Å²) < 4.78 is 22.2. The van der Waals surface area contributed by atoms with Crippen LogP contribution in [0.15, 0.2) is 81.3 Å². The zero-order valence-corrected chi connectivity index (χ0v) is 18.9. The molecule has 0 saturated carbocycles. The minimum absolute atomic E-state index is 0. The minimum Gasteiger partial charge on any atom is -0.508 e. The van der Waals surface area contributed by atoms with Gasteiger partial charge in [0.15, 0.2) is 5.75 Å². The van der Waals surface area contributed by atoms with Gasteiger partial charge >= 0.3 is 5.63 Å². The number of aromatic hydroxyl groups is 1. The molecule has 182 valence electrons. The van der Waals surface area contributed by atoms with E-state index in [9.17, 15) is 15.2 Å². The van der Waals surface area contributed by atoms with Gasteiger partial charge in [0, 0.05) is 5.56 Å². The molecule has 0 aliphatic carbocycles. The van der Waals surface area contributed by atoms with E-state index in [4.69, 9.17) is 24.4 Å². The van der Waals surface area contributed by atoms with E-state index in [0.717, 1.165) is 11.1 Å². The van der Waals surface area contributed by atoms with Crippen molar-refractivity contribution in [2.24, 2.45) is 5.73 Å². The van der Waals surface area contributed by atoms with Crippen LogP contribution in [0.2, 0.25) is 0 Å². The highest BCUT2D eigenvalue weighted by molar-refractivity contribution is 5.87. The van der Waals surface area contributed by atoms with Crippen molar-refractivity contribution in [1.29, 1.82) is 5.26 Å². The highest BCUT2D eigenvalue weighted by atomic mass is 16.5. The first-order valence-corrected chi connectivity index (χ1v) is 10.6. The standard InChI is InChI=1S/C27H20N2O6.CH4/c1-32-17-5-3-4-14(10-17)18-11-15(6-8-21(18)33-2)23-20(13-28)26(29)35-25-19-12-16(30)7-9-22(19)34-27(31)24(23)25;/h3-12,23,30H,29H2,1-2H3;1H4. The Kier molecular flexibility index (Phi) is 6.32. The summed E-state index contributed by atoms with van der Waals surface area (Å²) in [6.07, 6.45) is 0. The van der Waals surface area contributed by atoms with Gasteiger partial charge < -0.3 is 29.5 Å². The highest BCUT2D eigenvalue weighted by Crippen LogP contribution is 2.45. The number of nitrogens with two attached hydrogens (primary N) is 1. The Bertz CT molecular complexity index is 1610. The summed E-state index contributed by atoms with van der Waals surface area (Å²) in [5.41, 5.74) is 8.07. The fourth-order valence-electron chi connectivity index (χ4n) is 4.36. The van der Waals surface area contributed by atoms with E-state index >= 15 is 0 Å². The molecule has 3 N–H and O–H groups in total. The van der Waals surface area contributed by atoms with Crippen molar-refractivity contribution < 1.29 is 23.7 Å². The first-order valence-electron chi connectivity index (χ1n) is 10.6. The first kappa shape index (κ1) is 24.2. The monoisotopic (exact) mass is 484 g/mol. The van der Waals surface area contributed by atoms with Crippen LogP contribution in [0.1, 0.15) is 24.5 Å². The van der Waals surface area contributed by atoms with E-state index in [1.165, 1.54) is 18.2 Å². The number of methoxy groups -OCH3 is 2. The molecule has 3 aromatic carbocycles. The van der Waals surface area contributed by atoms with Crippen LogP contribution in [0.3, 0.4) is 0 Å². The van der Waals surface area contributed by atoms with E-state index in [2.05, 4.69) is 6.07 Å². The summed E-state index contributed by atoms with van der Waals surface area (Å²) in [6, 6.07) is 19.2. The number of allylic oxidation sites excluding steroid dienone is 1. The number of nitriles is 1. The van der Waals surface area contributed by atoms with Crippen molar-refractivity contribution in [3.63, 3.8) is 0 Å². The summed E-state index contributed by atoms with van der Waals surface area (Å²) >= 11 is 0. The fourth-order valence-corrected chi connectivity index (χ4v) is 4.36. The number of fused-ring (bicyclic) bond motifs is 3. The Morgan fingerprint density at radius 2 is 1.86 bits per heavy atom. The van der Waals surface area contributed by atoms with Gasteiger partial charge in [0.25, 0.3) is 0 Å². The van der Waals surface area contributed by atoms with Crippen LogP contribution >= 0.6 is 0 Å². The van der Waals surface area contributed by atoms with Gasteiger partial charge in [0.05, 0.1) is 31.1 Å². The molecular formula is C28H24N2O6. The molecule has 0 radical (unpaired) electrons. The number of nitrogens with zero attached hydrogens (tertiary/aromatic N) is 1. The molecule has 0 bridgehead atoms. The Morgan fingerprint density at radius 1 is 1.06 bits per heavy atom. The molecule has 5 rings (SSSR count). The number of hydrogen-bond donors (Lipinski definition) is 2. The average molecular weight is 485 g/mol. The number of phenols is 1. The van der Waals surface area contributed by atoms with Gasteiger partial charge in [-0.05, 0) is 53.6 Å². The third-order valence-electron chi connectivity index (χ3n) is 5.99. The molecule has 2 heterocycles. The zero-order valence-electron chi connectivity index (χ0n) is 18.9. The molecule has 1 atom stereocenters. The van der Waals surface area contributed by atoms with Crippen molar-refractivity contribution in [3.8, 4) is 40.2 Å². The first-order chi connectivity index (χ1) is 16.9. The maximum atomic E-state index is 13.2. The fraction of sp³-hybridized carbons (Fsp3) is 0.143. The van der Waals surface area contributed by atoms with Gasteiger partial charge in [-0.2, -0.15) is 5.26 Å². The average Bonchev–Trinajstić information content (AvgIpc) is 2.88. The molecule has 4 aromatic rings. The maximum absolute atomic E-state index is 13.2. The summed E-state index contributed by atoms with van der Waals surface area (Å²) in [5, 5.41) is 20.3. The molecule has 0 spiro atoms. The van der Waals surface area contributed by atoms with Crippen molar-refractivity contribution in [2.75, 3.05) is 14.2 Å². The van der Waals surface area contributed by atoms with Gasteiger partial charge in [-0.3, -0.25) is 0 Å². The lowest BCUT2D eigenvalue weighted by atomic mass is 9.82. The minimum atomic E-state index is -0.859. The number of hydrogen-bond acceptors (Lipinski definition) is 8. The quantitative estimate of drug-likeness (QED) is 0.386. The smallest absolute Gasteiger partial charge is 0.344 e.